The predicted molar refractivity (Wildman–Crippen MR) is 93.0 cm³/mol. The number of rotatable bonds is 5. The van der Waals surface area contributed by atoms with Crippen LogP contribution in [-0.2, 0) is 13.6 Å². The van der Waals surface area contributed by atoms with E-state index in [-0.39, 0.29) is 0 Å². The van der Waals surface area contributed by atoms with Gasteiger partial charge in [-0.25, -0.2) is 0 Å². The lowest BCUT2D eigenvalue weighted by molar-refractivity contribution is 0.195. The molecule has 0 saturated carbocycles. The summed E-state index contributed by atoms with van der Waals surface area (Å²) in [5.74, 6) is 2.50. The second-order valence-corrected chi connectivity index (χ2v) is 6.80. The van der Waals surface area contributed by atoms with Crippen molar-refractivity contribution < 1.29 is 4.74 Å². The zero-order valence-electron chi connectivity index (χ0n) is 14.0. The molecule has 2 aromatic rings. The van der Waals surface area contributed by atoms with Gasteiger partial charge in [-0.05, 0) is 43.3 Å². The fourth-order valence-electron chi connectivity index (χ4n) is 3.26. The van der Waals surface area contributed by atoms with Gasteiger partial charge in [-0.1, -0.05) is 23.9 Å². The van der Waals surface area contributed by atoms with E-state index in [1.54, 1.807) is 18.9 Å². The summed E-state index contributed by atoms with van der Waals surface area (Å²) in [6.45, 7) is 3.18. The fourth-order valence-corrected chi connectivity index (χ4v) is 3.75. The van der Waals surface area contributed by atoms with Gasteiger partial charge in [0.1, 0.15) is 11.6 Å². The highest BCUT2D eigenvalue weighted by Gasteiger charge is 2.25. The highest BCUT2D eigenvalue weighted by atomic mass is 32.2. The minimum absolute atomic E-state index is 0.473. The molecule has 0 amide bonds. The first-order valence-corrected chi connectivity index (χ1v) is 9.22. The number of piperidine rings is 1. The number of ether oxygens (including phenoxy) is 1. The Morgan fingerprint density at radius 3 is 2.70 bits per heavy atom. The van der Waals surface area contributed by atoms with Crippen LogP contribution in [0.4, 0.5) is 0 Å². The van der Waals surface area contributed by atoms with Crippen LogP contribution in [0.3, 0.4) is 0 Å². The molecule has 23 heavy (non-hydrogen) atoms. The molecule has 1 aromatic carbocycles. The van der Waals surface area contributed by atoms with Crippen LogP contribution in [0.15, 0.2) is 29.4 Å². The van der Waals surface area contributed by atoms with E-state index in [2.05, 4.69) is 38.8 Å². The van der Waals surface area contributed by atoms with E-state index in [4.69, 9.17) is 4.74 Å². The van der Waals surface area contributed by atoms with Gasteiger partial charge in [-0.3, -0.25) is 4.90 Å². The van der Waals surface area contributed by atoms with Gasteiger partial charge in [0.05, 0.1) is 7.11 Å². The van der Waals surface area contributed by atoms with Crippen molar-refractivity contribution in [3.8, 4) is 5.75 Å². The first kappa shape index (κ1) is 16.3. The molecule has 0 N–H and O–H groups in total. The van der Waals surface area contributed by atoms with Crippen LogP contribution in [0.1, 0.15) is 30.1 Å². The molecule has 5 nitrogen and oxygen atoms in total. The molecule has 0 aliphatic carbocycles. The molecule has 1 saturated heterocycles. The lowest BCUT2D eigenvalue weighted by atomic mass is 9.96. The van der Waals surface area contributed by atoms with Gasteiger partial charge in [0.15, 0.2) is 5.16 Å². The quantitative estimate of drug-likeness (QED) is 0.788. The van der Waals surface area contributed by atoms with Crippen molar-refractivity contribution in [3.05, 3.63) is 35.7 Å². The van der Waals surface area contributed by atoms with E-state index >= 15 is 0 Å². The maximum atomic E-state index is 5.23. The molecule has 3 rings (SSSR count). The topological polar surface area (TPSA) is 43.2 Å². The second-order valence-electron chi connectivity index (χ2n) is 6.03. The van der Waals surface area contributed by atoms with Crippen molar-refractivity contribution in [1.29, 1.82) is 0 Å². The largest absolute Gasteiger partial charge is 0.497 e. The molecular weight excluding hydrogens is 308 g/mol. The lowest BCUT2D eigenvalue weighted by Crippen LogP contribution is -2.34. The molecule has 1 aromatic heterocycles. The number of hydrogen-bond donors (Lipinski definition) is 0. The van der Waals surface area contributed by atoms with Crippen LogP contribution in [0.25, 0.3) is 0 Å². The summed E-state index contributed by atoms with van der Waals surface area (Å²) < 4.78 is 7.37. The Morgan fingerprint density at radius 2 is 2.04 bits per heavy atom. The summed E-state index contributed by atoms with van der Waals surface area (Å²) in [7, 11) is 3.78. The van der Waals surface area contributed by atoms with Gasteiger partial charge in [0.25, 0.3) is 0 Å². The molecule has 6 heteroatoms. The number of benzene rings is 1. The van der Waals surface area contributed by atoms with Gasteiger partial charge >= 0.3 is 0 Å². The monoisotopic (exact) mass is 332 g/mol. The summed E-state index contributed by atoms with van der Waals surface area (Å²) >= 11 is 1.65. The third kappa shape index (κ3) is 3.70. The summed E-state index contributed by atoms with van der Waals surface area (Å²) in [5.41, 5.74) is 1.33. The normalized spacial score (nSPS) is 19.0. The molecule has 124 valence electrons. The third-order valence-corrected chi connectivity index (χ3v) is 5.21. The van der Waals surface area contributed by atoms with Crippen LogP contribution in [0.2, 0.25) is 0 Å². The molecule has 1 atom stereocenters. The van der Waals surface area contributed by atoms with Crippen LogP contribution in [-0.4, -0.2) is 46.1 Å². The summed E-state index contributed by atoms with van der Waals surface area (Å²) in [6.07, 6.45) is 4.45. The zero-order chi connectivity index (χ0) is 16.2. The molecule has 1 fully saturated rings. The Hall–Kier alpha value is -1.53. The standard InChI is InChI=1S/C17H24N4OS/c1-20-16(18-19-17(20)23-3)14-5-4-10-21(12-14)11-13-6-8-15(22-2)9-7-13/h6-9,14H,4-5,10-12H2,1-3H3/t14-/m0/s1. The third-order valence-electron chi connectivity index (χ3n) is 4.49. The van der Waals surface area contributed by atoms with E-state index in [1.165, 1.54) is 18.4 Å². The molecule has 1 aliphatic heterocycles. The average molecular weight is 332 g/mol. The van der Waals surface area contributed by atoms with E-state index in [0.29, 0.717) is 5.92 Å². The second kappa shape index (κ2) is 7.36. The molecule has 0 unspecified atom stereocenters. The van der Waals surface area contributed by atoms with Crippen LogP contribution >= 0.6 is 11.8 Å². The Bertz CT molecular complexity index is 641. The highest BCUT2D eigenvalue weighted by molar-refractivity contribution is 7.98. The van der Waals surface area contributed by atoms with Crippen molar-refractivity contribution in [2.45, 2.75) is 30.5 Å². The summed E-state index contributed by atoms with van der Waals surface area (Å²) in [5, 5.41) is 9.70. The minimum atomic E-state index is 0.473. The average Bonchev–Trinajstić information content (AvgIpc) is 2.96. The Morgan fingerprint density at radius 1 is 1.26 bits per heavy atom. The number of hydrogen-bond acceptors (Lipinski definition) is 5. The van der Waals surface area contributed by atoms with Crippen molar-refractivity contribution >= 4 is 11.8 Å². The fraction of sp³-hybridized carbons (Fsp3) is 0.529. The Kier molecular flexibility index (Phi) is 5.23. The van der Waals surface area contributed by atoms with Crippen molar-refractivity contribution in [1.82, 2.24) is 19.7 Å². The number of likely N-dealkylation sites (tertiary alicyclic amines) is 1. The first-order chi connectivity index (χ1) is 11.2. The van der Waals surface area contributed by atoms with Gasteiger partial charge < -0.3 is 9.30 Å². The van der Waals surface area contributed by atoms with E-state index in [9.17, 15) is 0 Å². The molecule has 0 spiro atoms. The van der Waals surface area contributed by atoms with E-state index in [1.807, 2.05) is 18.4 Å². The smallest absolute Gasteiger partial charge is 0.190 e. The van der Waals surface area contributed by atoms with Crippen molar-refractivity contribution in [2.75, 3.05) is 26.5 Å². The van der Waals surface area contributed by atoms with Crippen molar-refractivity contribution in [2.24, 2.45) is 7.05 Å². The number of methoxy groups -OCH3 is 1. The number of thioether (sulfide) groups is 1. The molecular formula is C17H24N4OS. The number of nitrogens with zero attached hydrogens (tertiary/aromatic N) is 4. The maximum Gasteiger partial charge on any atom is 0.190 e. The highest BCUT2D eigenvalue weighted by Crippen LogP contribution is 2.28. The Labute approximate surface area is 142 Å². The predicted octanol–water partition coefficient (Wildman–Crippen LogP) is 2.93. The maximum absolute atomic E-state index is 5.23. The van der Waals surface area contributed by atoms with Crippen molar-refractivity contribution in [3.63, 3.8) is 0 Å². The molecule has 0 bridgehead atoms. The van der Waals surface area contributed by atoms with Gasteiger partial charge in [0.2, 0.25) is 0 Å². The van der Waals surface area contributed by atoms with E-state index in [0.717, 1.165) is 36.4 Å². The first-order valence-electron chi connectivity index (χ1n) is 8.00. The lowest BCUT2D eigenvalue weighted by Gasteiger charge is -2.32. The van der Waals surface area contributed by atoms with Gasteiger partial charge in [-0.2, -0.15) is 0 Å². The van der Waals surface area contributed by atoms with E-state index < -0.39 is 0 Å². The molecule has 0 radical (unpaired) electrons. The zero-order valence-corrected chi connectivity index (χ0v) is 14.8. The van der Waals surface area contributed by atoms with Gasteiger partial charge in [0, 0.05) is 26.1 Å². The summed E-state index contributed by atoms with van der Waals surface area (Å²) in [6, 6.07) is 8.36. The SMILES string of the molecule is COc1ccc(CN2CCC[C@H](c3nnc(SC)n3C)C2)cc1. The van der Waals surface area contributed by atoms with Crippen LogP contribution in [0, 0.1) is 0 Å². The molecule has 1 aliphatic rings. The van der Waals surface area contributed by atoms with Gasteiger partial charge in [-0.15, -0.1) is 10.2 Å². The van der Waals surface area contributed by atoms with Crippen LogP contribution in [0.5, 0.6) is 5.75 Å². The minimum Gasteiger partial charge on any atom is -0.497 e. The number of aromatic nitrogens is 3. The summed E-state index contributed by atoms with van der Waals surface area (Å²) in [4.78, 5) is 2.52. The Balaban J connectivity index is 1.66. The van der Waals surface area contributed by atoms with Crippen LogP contribution < -0.4 is 4.74 Å². The molecule has 2 heterocycles.